The van der Waals surface area contributed by atoms with E-state index in [2.05, 4.69) is 13.0 Å². The number of nitrogens with zero attached hydrogens (tertiary/aromatic N) is 1. The van der Waals surface area contributed by atoms with Crippen molar-refractivity contribution in [2.75, 3.05) is 26.2 Å². The summed E-state index contributed by atoms with van der Waals surface area (Å²) in [7, 11) is 0. The molecule has 3 N–H and O–H groups in total. The summed E-state index contributed by atoms with van der Waals surface area (Å²) in [4.78, 5) is 13.3. The number of amides is 1. The Kier molecular flexibility index (Phi) is 5.20. The lowest BCUT2D eigenvalue weighted by Crippen LogP contribution is -2.56. The number of primary amides is 1. The Morgan fingerprint density at radius 3 is 3.05 bits per heavy atom. The van der Waals surface area contributed by atoms with Gasteiger partial charge in [0.2, 0.25) is 0 Å². The summed E-state index contributed by atoms with van der Waals surface area (Å²) < 4.78 is 5.74. The minimum absolute atomic E-state index is 0.292. The number of hydrogen-bond acceptors (Lipinski definition) is 4. The van der Waals surface area contributed by atoms with Gasteiger partial charge in [0.15, 0.2) is 5.60 Å². The average Bonchev–Trinajstić information content (AvgIpc) is 2.47. The number of carbonyl (C=O) groups excluding carboxylic acids is 1. The fraction of sp³-hybridized carbons (Fsp3) is 0.562. The van der Waals surface area contributed by atoms with Crippen molar-refractivity contribution >= 4 is 5.91 Å². The highest BCUT2D eigenvalue weighted by Crippen LogP contribution is 2.20. The number of aryl methyl sites for hydroxylation is 1. The number of hydrogen-bond donors (Lipinski definition) is 2. The number of carbonyl (C=O) groups is 1. The van der Waals surface area contributed by atoms with Crippen LogP contribution in [0.25, 0.3) is 0 Å². The van der Waals surface area contributed by atoms with Gasteiger partial charge in [0.1, 0.15) is 12.4 Å². The van der Waals surface area contributed by atoms with Gasteiger partial charge in [-0.15, -0.1) is 0 Å². The van der Waals surface area contributed by atoms with E-state index in [1.807, 2.05) is 23.1 Å². The van der Waals surface area contributed by atoms with E-state index in [9.17, 15) is 9.90 Å². The maximum absolute atomic E-state index is 11.3. The molecular formula is C16H24N2O3. The zero-order valence-electron chi connectivity index (χ0n) is 12.5. The van der Waals surface area contributed by atoms with Crippen LogP contribution in [-0.2, 0) is 11.2 Å². The second kappa shape index (κ2) is 6.91. The first-order chi connectivity index (χ1) is 10.0. The molecule has 1 atom stereocenters. The van der Waals surface area contributed by atoms with Gasteiger partial charge in [-0.3, -0.25) is 9.69 Å². The van der Waals surface area contributed by atoms with Crippen LogP contribution in [0.15, 0.2) is 24.3 Å². The molecule has 5 nitrogen and oxygen atoms in total. The summed E-state index contributed by atoms with van der Waals surface area (Å²) >= 11 is 0. The van der Waals surface area contributed by atoms with Gasteiger partial charge in [0.25, 0.3) is 5.91 Å². The summed E-state index contributed by atoms with van der Waals surface area (Å²) in [6, 6.07) is 8.04. The van der Waals surface area contributed by atoms with Gasteiger partial charge < -0.3 is 15.6 Å². The predicted molar refractivity (Wildman–Crippen MR) is 81.1 cm³/mol. The van der Waals surface area contributed by atoms with Crippen molar-refractivity contribution in [3.63, 3.8) is 0 Å². The van der Waals surface area contributed by atoms with Gasteiger partial charge in [-0.05, 0) is 43.5 Å². The number of piperidine rings is 1. The summed E-state index contributed by atoms with van der Waals surface area (Å²) in [6.45, 7) is 4.46. The second-order valence-electron chi connectivity index (χ2n) is 5.62. The van der Waals surface area contributed by atoms with Crippen LogP contribution in [0.2, 0.25) is 0 Å². The number of nitrogens with two attached hydrogens (primary N) is 1. The topological polar surface area (TPSA) is 75.8 Å². The highest BCUT2D eigenvalue weighted by molar-refractivity contribution is 5.83. The third-order valence-corrected chi connectivity index (χ3v) is 3.99. The molecule has 0 aliphatic carbocycles. The highest BCUT2D eigenvalue weighted by atomic mass is 16.5. The van der Waals surface area contributed by atoms with E-state index in [0.29, 0.717) is 26.1 Å². The largest absolute Gasteiger partial charge is 0.492 e. The molecule has 21 heavy (non-hydrogen) atoms. The lowest BCUT2D eigenvalue weighted by Gasteiger charge is -2.36. The lowest BCUT2D eigenvalue weighted by atomic mass is 9.92. The lowest BCUT2D eigenvalue weighted by molar-refractivity contribution is -0.142. The zero-order valence-corrected chi connectivity index (χ0v) is 12.5. The first-order valence-corrected chi connectivity index (χ1v) is 7.50. The average molecular weight is 292 g/mol. The second-order valence-corrected chi connectivity index (χ2v) is 5.62. The molecule has 1 amide bonds. The van der Waals surface area contributed by atoms with Crippen LogP contribution in [0.5, 0.6) is 5.75 Å². The number of ether oxygens (including phenoxy) is 1. The normalized spacial score (nSPS) is 23.0. The Bertz CT molecular complexity index is 492. The van der Waals surface area contributed by atoms with E-state index < -0.39 is 11.5 Å². The van der Waals surface area contributed by atoms with E-state index >= 15 is 0 Å². The molecule has 1 aromatic carbocycles. The zero-order chi connectivity index (χ0) is 15.3. The predicted octanol–water partition coefficient (Wildman–Crippen LogP) is 0.940. The molecule has 0 aromatic heterocycles. The van der Waals surface area contributed by atoms with Crippen LogP contribution in [-0.4, -0.2) is 47.8 Å². The first-order valence-electron chi connectivity index (χ1n) is 7.50. The first kappa shape index (κ1) is 15.8. The van der Waals surface area contributed by atoms with Crippen molar-refractivity contribution in [1.82, 2.24) is 4.90 Å². The van der Waals surface area contributed by atoms with Crippen LogP contribution in [0.1, 0.15) is 25.3 Å². The standard InChI is InChI=1S/C16H24N2O3/c1-2-13-5-3-6-14(11-13)21-10-9-18-8-4-7-16(20,12-18)15(17)19/h3,5-6,11,20H,2,4,7-10,12H2,1H3,(H2,17,19). The fourth-order valence-electron chi connectivity index (χ4n) is 2.66. The number of β-amino-alcohol motifs (C(OH)–C–C–N with tert-alkyl or cyclic N) is 1. The molecule has 1 aromatic rings. The summed E-state index contributed by atoms with van der Waals surface area (Å²) in [5, 5.41) is 10.1. The van der Waals surface area contributed by atoms with E-state index in [0.717, 1.165) is 25.1 Å². The van der Waals surface area contributed by atoms with Crippen LogP contribution in [0.4, 0.5) is 0 Å². The Morgan fingerprint density at radius 2 is 2.33 bits per heavy atom. The maximum atomic E-state index is 11.3. The number of aliphatic hydroxyl groups is 1. The molecule has 1 fully saturated rings. The molecule has 116 valence electrons. The summed E-state index contributed by atoms with van der Waals surface area (Å²) in [5.41, 5.74) is 5.12. The van der Waals surface area contributed by atoms with Gasteiger partial charge in [0.05, 0.1) is 0 Å². The van der Waals surface area contributed by atoms with Gasteiger partial charge in [-0.1, -0.05) is 19.1 Å². The van der Waals surface area contributed by atoms with Crippen molar-refractivity contribution < 1.29 is 14.6 Å². The van der Waals surface area contributed by atoms with E-state index in [1.165, 1.54) is 5.56 Å². The molecule has 0 spiro atoms. The molecule has 1 heterocycles. The van der Waals surface area contributed by atoms with Crippen LogP contribution in [0.3, 0.4) is 0 Å². The number of rotatable bonds is 6. The molecule has 0 bridgehead atoms. The quantitative estimate of drug-likeness (QED) is 0.818. The van der Waals surface area contributed by atoms with Crippen molar-refractivity contribution in [3.05, 3.63) is 29.8 Å². The molecule has 1 aliphatic heterocycles. The number of benzene rings is 1. The Hall–Kier alpha value is -1.59. The third kappa shape index (κ3) is 4.19. The van der Waals surface area contributed by atoms with Gasteiger partial charge in [-0.2, -0.15) is 0 Å². The third-order valence-electron chi connectivity index (χ3n) is 3.99. The Balaban J connectivity index is 1.81. The minimum Gasteiger partial charge on any atom is -0.492 e. The van der Waals surface area contributed by atoms with Crippen molar-refractivity contribution in [2.24, 2.45) is 5.73 Å². The Labute approximate surface area is 125 Å². The van der Waals surface area contributed by atoms with Crippen molar-refractivity contribution in [1.29, 1.82) is 0 Å². The van der Waals surface area contributed by atoms with Gasteiger partial charge in [0, 0.05) is 13.1 Å². The smallest absolute Gasteiger partial charge is 0.250 e. The monoisotopic (exact) mass is 292 g/mol. The van der Waals surface area contributed by atoms with Crippen LogP contribution >= 0.6 is 0 Å². The van der Waals surface area contributed by atoms with E-state index in [-0.39, 0.29) is 0 Å². The molecule has 1 aliphatic rings. The molecule has 5 heteroatoms. The van der Waals surface area contributed by atoms with Gasteiger partial charge >= 0.3 is 0 Å². The van der Waals surface area contributed by atoms with Gasteiger partial charge in [-0.25, -0.2) is 0 Å². The van der Waals surface area contributed by atoms with E-state index in [4.69, 9.17) is 10.5 Å². The maximum Gasteiger partial charge on any atom is 0.250 e. The number of likely N-dealkylation sites (tertiary alicyclic amines) is 1. The SMILES string of the molecule is CCc1cccc(OCCN2CCCC(O)(C(N)=O)C2)c1. The summed E-state index contributed by atoms with van der Waals surface area (Å²) in [6.07, 6.45) is 2.19. The minimum atomic E-state index is -1.39. The van der Waals surface area contributed by atoms with Crippen LogP contribution < -0.4 is 10.5 Å². The molecule has 2 rings (SSSR count). The Morgan fingerprint density at radius 1 is 1.52 bits per heavy atom. The summed E-state index contributed by atoms with van der Waals surface area (Å²) in [5.74, 6) is 0.222. The fourth-order valence-corrected chi connectivity index (χ4v) is 2.66. The molecule has 0 saturated carbocycles. The van der Waals surface area contributed by atoms with Crippen LogP contribution in [0, 0.1) is 0 Å². The molecule has 1 unspecified atom stereocenters. The highest BCUT2D eigenvalue weighted by Gasteiger charge is 2.38. The molecule has 1 saturated heterocycles. The molecule has 0 radical (unpaired) electrons. The van der Waals surface area contributed by atoms with Crippen molar-refractivity contribution in [2.45, 2.75) is 31.8 Å². The van der Waals surface area contributed by atoms with E-state index in [1.54, 1.807) is 0 Å². The molecular weight excluding hydrogens is 268 g/mol. The van der Waals surface area contributed by atoms with Crippen molar-refractivity contribution in [3.8, 4) is 5.75 Å².